The molecule has 1 heterocycles. The Labute approximate surface area is 87.0 Å². The van der Waals surface area contributed by atoms with Crippen molar-refractivity contribution in [3.63, 3.8) is 0 Å². The predicted octanol–water partition coefficient (Wildman–Crippen LogP) is 2.19. The average molecular weight is 209 g/mol. The van der Waals surface area contributed by atoms with Crippen LogP contribution in [-0.2, 0) is 4.74 Å². The molecule has 0 N–H and O–H groups in total. The van der Waals surface area contributed by atoms with Crippen molar-refractivity contribution in [3.8, 4) is 0 Å². The van der Waals surface area contributed by atoms with E-state index in [0.717, 1.165) is 0 Å². The minimum atomic E-state index is -0.201. The number of nitrogens with zero attached hydrogens (tertiary/aromatic N) is 1. The van der Waals surface area contributed by atoms with Crippen molar-refractivity contribution in [1.29, 1.82) is 0 Å². The maximum atomic E-state index is 11.1. The van der Waals surface area contributed by atoms with Crippen molar-refractivity contribution in [3.05, 3.63) is 30.3 Å². The van der Waals surface area contributed by atoms with Crippen LogP contribution in [0.2, 0.25) is 0 Å². The van der Waals surface area contributed by atoms with Gasteiger partial charge in [0.25, 0.3) is 0 Å². The third-order valence-corrected chi connectivity index (χ3v) is 3.02. The minimum Gasteiger partial charge on any atom is -0.448 e. The molecule has 0 radical (unpaired) electrons. The Bertz CT molecular complexity index is 315. The summed E-state index contributed by atoms with van der Waals surface area (Å²) in [5.74, 6) is 0.669. The quantitative estimate of drug-likeness (QED) is 0.715. The zero-order valence-corrected chi connectivity index (χ0v) is 8.50. The highest BCUT2D eigenvalue weighted by atomic mass is 32.2. The third kappa shape index (κ3) is 2.20. The molecule has 0 bridgehead atoms. The first-order chi connectivity index (χ1) is 6.86. The van der Waals surface area contributed by atoms with E-state index >= 15 is 0 Å². The van der Waals surface area contributed by atoms with E-state index in [1.165, 1.54) is 4.90 Å². The molecule has 0 aromatic heterocycles. The molecule has 0 spiro atoms. The van der Waals surface area contributed by atoms with Gasteiger partial charge in [0.1, 0.15) is 6.61 Å². The van der Waals surface area contributed by atoms with Crippen molar-refractivity contribution in [2.75, 3.05) is 19.0 Å². The topological polar surface area (TPSA) is 29.5 Å². The molecule has 74 valence electrons. The Hall–Kier alpha value is -1.16. The largest absolute Gasteiger partial charge is 0.448 e. The Kier molecular flexibility index (Phi) is 2.93. The molecule has 1 amide bonds. The fraction of sp³-hybridized carbons (Fsp3) is 0.300. The van der Waals surface area contributed by atoms with Gasteiger partial charge >= 0.3 is 6.09 Å². The first-order valence-electron chi connectivity index (χ1n) is 4.46. The summed E-state index contributed by atoms with van der Waals surface area (Å²) in [6.07, 6.45) is -0.201. The molecule has 1 fully saturated rings. The Morgan fingerprint density at radius 3 is 2.79 bits per heavy atom. The van der Waals surface area contributed by atoms with Crippen LogP contribution < -0.4 is 0 Å². The van der Waals surface area contributed by atoms with E-state index in [2.05, 4.69) is 0 Å². The second-order valence-corrected chi connectivity index (χ2v) is 3.98. The molecule has 4 heteroatoms. The first-order valence-corrected chi connectivity index (χ1v) is 5.44. The van der Waals surface area contributed by atoms with Crippen LogP contribution in [0.4, 0.5) is 4.79 Å². The lowest BCUT2D eigenvalue weighted by molar-refractivity contribution is 0.162. The van der Waals surface area contributed by atoms with E-state index in [0.29, 0.717) is 19.0 Å². The second-order valence-electron chi connectivity index (χ2n) is 2.96. The molecule has 3 nitrogen and oxygen atoms in total. The lowest BCUT2D eigenvalue weighted by Crippen LogP contribution is -2.23. The van der Waals surface area contributed by atoms with Gasteiger partial charge in [-0.3, -0.25) is 4.90 Å². The summed E-state index contributed by atoms with van der Waals surface area (Å²) >= 11 is 1.65. The van der Waals surface area contributed by atoms with Crippen molar-refractivity contribution < 1.29 is 9.53 Å². The molecule has 1 saturated heterocycles. The van der Waals surface area contributed by atoms with Gasteiger partial charge in [0.15, 0.2) is 0 Å². The minimum absolute atomic E-state index is 0.201. The second kappa shape index (κ2) is 4.37. The van der Waals surface area contributed by atoms with E-state index < -0.39 is 0 Å². The van der Waals surface area contributed by atoms with E-state index in [4.69, 9.17) is 4.74 Å². The highest BCUT2D eigenvalue weighted by molar-refractivity contribution is 7.99. The van der Waals surface area contributed by atoms with Gasteiger partial charge in [0, 0.05) is 4.90 Å². The number of amides is 1. The molecule has 1 aliphatic rings. The van der Waals surface area contributed by atoms with Crippen LogP contribution in [-0.4, -0.2) is 30.0 Å². The molecule has 0 aliphatic carbocycles. The Morgan fingerprint density at radius 1 is 1.36 bits per heavy atom. The molecule has 1 aliphatic heterocycles. The SMILES string of the molecule is O=C1OCCN1CSc1ccccc1. The molecule has 1 aromatic carbocycles. The van der Waals surface area contributed by atoms with Crippen LogP contribution in [0.15, 0.2) is 35.2 Å². The maximum Gasteiger partial charge on any atom is 0.410 e. The number of hydrogen-bond donors (Lipinski definition) is 0. The van der Waals surface area contributed by atoms with Gasteiger partial charge in [-0.2, -0.15) is 0 Å². The number of carbonyl (C=O) groups is 1. The Morgan fingerprint density at radius 2 is 2.14 bits per heavy atom. The zero-order chi connectivity index (χ0) is 9.80. The lowest BCUT2D eigenvalue weighted by atomic mass is 10.4. The molecule has 0 atom stereocenters. The van der Waals surface area contributed by atoms with Crippen LogP contribution in [0.1, 0.15) is 0 Å². The van der Waals surface area contributed by atoms with E-state index in [1.54, 1.807) is 16.7 Å². The van der Waals surface area contributed by atoms with Crippen LogP contribution in [0.5, 0.6) is 0 Å². The smallest absolute Gasteiger partial charge is 0.410 e. The van der Waals surface area contributed by atoms with Gasteiger partial charge in [-0.1, -0.05) is 18.2 Å². The molecule has 0 unspecified atom stereocenters. The molecule has 14 heavy (non-hydrogen) atoms. The van der Waals surface area contributed by atoms with Gasteiger partial charge in [-0.15, -0.1) is 11.8 Å². The van der Waals surface area contributed by atoms with Crippen LogP contribution in [0, 0.1) is 0 Å². The van der Waals surface area contributed by atoms with Crippen LogP contribution >= 0.6 is 11.8 Å². The average Bonchev–Trinajstić information content (AvgIpc) is 2.63. The summed E-state index contributed by atoms with van der Waals surface area (Å²) in [5.41, 5.74) is 0. The summed E-state index contributed by atoms with van der Waals surface area (Å²) in [6, 6.07) is 10.0. The van der Waals surface area contributed by atoms with E-state index in [-0.39, 0.29) is 6.09 Å². The van der Waals surface area contributed by atoms with E-state index in [1.807, 2.05) is 30.3 Å². The summed E-state index contributed by atoms with van der Waals surface area (Å²) < 4.78 is 4.83. The van der Waals surface area contributed by atoms with Crippen molar-refractivity contribution in [2.24, 2.45) is 0 Å². The number of thioether (sulfide) groups is 1. The van der Waals surface area contributed by atoms with Gasteiger partial charge in [0.2, 0.25) is 0 Å². The van der Waals surface area contributed by atoms with Crippen LogP contribution in [0.3, 0.4) is 0 Å². The zero-order valence-electron chi connectivity index (χ0n) is 7.68. The highest BCUT2D eigenvalue weighted by Gasteiger charge is 2.21. The fourth-order valence-corrected chi connectivity index (χ4v) is 2.10. The predicted molar refractivity (Wildman–Crippen MR) is 55.2 cm³/mol. The van der Waals surface area contributed by atoms with Gasteiger partial charge in [-0.05, 0) is 12.1 Å². The van der Waals surface area contributed by atoms with Gasteiger partial charge < -0.3 is 4.74 Å². The fourth-order valence-electron chi connectivity index (χ4n) is 1.21. The summed E-state index contributed by atoms with van der Waals surface area (Å²) in [6.45, 7) is 1.23. The summed E-state index contributed by atoms with van der Waals surface area (Å²) in [7, 11) is 0. The first kappa shape index (κ1) is 9.40. The number of hydrogen-bond acceptors (Lipinski definition) is 3. The normalized spacial score (nSPS) is 15.7. The molecular weight excluding hydrogens is 198 g/mol. The van der Waals surface area contributed by atoms with Crippen molar-refractivity contribution in [1.82, 2.24) is 4.90 Å². The van der Waals surface area contributed by atoms with Crippen molar-refractivity contribution in [2.45, 2.75) is 4.90 Å². The monoisotopic (exact) mass is 209 g/mol. The number of ether oxygens (including phenoxy) is 1. The van der Waals surface area contributed by atoms with Gasteiger partial charge in [0.05, 0.1) is 12.4 Å². The summed E-state index contributed by atoms with van der Waals surface area (Å²) in [5, 5.41) is 0. The molecule has 0 saturated carbocycles. The van der Waals surface area contributed by atoms with Crippen molar-refractivity contribution >= 4 is 17.9 Å². The lowest BCUT2D eigenvalue weighted by Gasteiger charge is -2.11. The maximum absolute atomic E-state index is 11.1. The summed E-state index contributed by atoms with van der Waals surface area (Å²) in [4.78, 5) is 14.0. The standard InChI is InChI=1S/C10H11NO2S/c12-10-11(6-7-13-10)8-14-9-4-2-1-3-5-9/h1-5H,6-8H2. The van der Waals surface area contributed by atoms with Crippen LogP contribution in [0.25, 0.3) is 0 Å². The molecule has 2 rings (SSSR count). The Balaban J connectivity index is 1.85. The molecule has 1 aromatic rings. The number of carbonyl (C=O) groups excluding carboxylic acids is 1. The van der Waals surface area contributed by atoms with E-state index in [9.17, 15) is 4.79 Å². The number of benzene rings is 1. The number of rotatable bonds is 3. The third-order valence-electron chi connectivity index (χ3n) is 1.98. The van der Waals surface area contributed by atoms with Gasteiger partial charge in [-0.25, -0.2) is 4.79 Å². The highest BCUT2D eigenvalue weighted by Crippen LogP contribution is 2.19. The molecular formula is C10H11NO2S. The number of cyclic esters (lactones) is 1.